The summed E-state index contributed by atoms with van der Waals surface area (Å²) in [5.41, 5.74) is 2.86. The number of hydrogen-bond acceptors (Lipinski definition) is 1. The van der Waals surface area contributed by atoms with E-state index in [0.29, 0.717) is 0 Å². The highest BCUT2D eigenvalue weighted by atomic mass is 16.5. The number of rotatable bonds is 9. The van der Waals surface area contributed by atoms with Crippen LogP contribution in [0.5, 0.6) is 0 Å². The minimum absolute atomic E-state index is 0.759. The van der Waals surface area contributed by atoms with E-state index in [1.807, 2.05) is 0 Å². The smallest absolute Gasteiger partial charge is 0.0716 e. The van der Waals surface area contributed by atoms with Gasteiger partial charge in [-0.2, -0.15) is 0 Å². The molecule has 0 unspecified atom stereocenters. The van der Waals surface area contributed by atoms with Crippen molar-refractivity contribution in [3.05, 3.63) is 48.0 Å². The summed E-state index contributed by atoms with van der Waals surface area (Å²) >= 11 is 0. The first-order valence-corrected chi connectivity index (χ1v) is 11.6. The molecular weight excluding hydrogens is 328 g/mol. The summed E-state index contributed by atoms with van der Waals surface area (Å²) in [4.78, 5) is 0. The lowest BCUT2D eigenvalue weighted by molar-refractivity contribution is 0.121. The van der Waals surface area contributed by atoms with Gasteiger partial charge in [0.2, 0.25) is 0 Å². The van der Waals surface area contributed by atoms with Crippen LogP contribution in [0.3, 0.4) is 0 Å². The third kappa shape index (κ3) is 6.49. The molecule has 2 fully saturated rings. The van der Waals surface area contributed by atoms with Crippen molar-refractivity contribution >= 4 is 0 Å². The predicted molar refractivity (Wildman–Crippen MR) is 116 cm³/mol. The zero-order chi connectivity index (χ0) is 18.9. The van der Waals surface area contributed by atoms with Gasteiger partial charge < -0.3 is 4.74 Å². The molecule has 1 nitrogen and oxygen atoms in total. The van der Waals surface area contributed by atoms with Crippen molar-refractivity contribution < 1.29 is 4.74 Å². The van der Waals surface area contributed by atoms with E-state index in [2.05, 4.69) is 43.8 Å². The molecule has 0 N–H and O–H groups in total. The number of allylic oxidation sites excluding steroid dienone is 1. The van der Waals surface area contributed by atoms with Crippen molar-refractivity contribution in [1.29, 1.82) is 0 Å². The monoisotopic (exact) mass is 368 g/mol. The summed E-state index contributed by atoms with van der Waals surface area (Å²) in [6.07, 6.45) is 17.6. The Bertz CT molecular complexity index is 530. The highest BCUT2D eigenvalue weighted by molar-refractivity contribution is 5.25. The van der Waals surface area contributed by atoms with E-state index in [0.717, 1.165) is 43.3 Å². The second-order valence-corrected chi connectivity index (χ2v) is 9.11. The van der Waals surface area contributed by atoms with Crippen LogP contribution in [-0.2, 0) is 11.3 Å². The van der Waals surface area contributed by atoms with E-state index in [-0.39, 0.29) is 0 Å². The van der Waals surface area contributed by atoms with Crippen molar-refractivity contribution in [3.63, 3.8) is 0 Å². The zero-order valence-corrected chi connectivity index (χ0v) is 17.5. The maximum atomic E-state index is 5.65. The molecule has 27 heavy (non-hydrogen) atoms. The van der Waals surface area contributed by atoms with E-state index in [9.17, 15) is 0 Å². The molecule has 0 saturated heterocycles. The van der Waals surface area contributed by atoms with Crippen LogP contribution in [0.4, 0.5) is 0 Å². The summed E-state index contributed by atoms with van der Waals surface area (Å²) in [6.45, 7) is 7.76. The van der Waals surface area contributed by atoms with Gasteiger partial charge in [-0.15, -0.1) is 6.58 Å². The van der Waals surface area contributed by atoms with E-state index in [4.69, 9.17) is 4.74 Å². The summed E-state index contributed by atoms with van der Waals surface area (Å²) < 4.78 is 5.65. The number of hydrogen-bond donors (Lipinski definition) is 0. The lowest BCUT2D eigenvalue weighted by Crippen LogP contribution is -2.17. The molecule has 2 aliphatic carbocycles. The van der Waals surface area contributed by atoms with Crippen molar-refractivity contribution in [1.82, 2.24) is 0 Å². The van der Waals surface area contributed by atoms with Crippen LogP contribution >= 0.6 is 0 Å². The molecule has 0 aliphatic heterocycles. The standard InChI is InChI=1S/C26H40O/c1-3-19-27-20-24-13-17-26(18-14-24)25-15-11-23(12-16-25)10-9-22-7-5-21(4-2)6-8-22/h4,13-14,17-18,21-23,25H,2-3,5-12,15-16,19-20H2,1H3/t21-,22-,23?,25?. The van der Waals surface area contributed by atoms with E-state index < -0.39 is 0 Å². The van der Waals surface area contributed by atoms with E-state index in [1.165, 1.54) is 69.8 Å². The lowest BCUT2D eigenvalue weighted by atomic mass is 9.74. The van der Waals surface area contributed by atoms with Crippen molar-refractivity contribution in [2.75, 3.05) is 6.61 Å². The molecular formula is C26H40O. The highest BCUT2D eigenvalue weighted by Gasteiger charge is 2.24. The topological polar surface area (TPSA) is 9.23 Å². The van der Waals surface area contributed by atoms with Crippen LogP contribution in [0.1, 0.15) is 94.6 Å². The molecule has 0 atom stereocenters. The third-order valence-corrected chi connectivity index (χ3v) is 7.12. The third-order valence-electron chi connectivity index (χ3n) is 7.12. The second-order valence-electron chi connectivity index (χ2n) is 9.11. The van der Waals surface area contributed by atoms with Crippen LogP contribution in [0, 0.1) is 17.8 Å². The van der Waals surface area contributed by atoms with Crippen molar-refractivity contribution in [2.24, 2.45) is 17.8 Å². The zero-order valence-electron chi connectivity index (χ0n) is 17.5. The Morgan fingerprint density at radius 1 is 0.889 bits per heavy atom. The molecule has 0 radical (unpaired) electrons. The number of benzene rings is 1. The van der Waals surface area contributed by atoms with Gasteiger partial charge in [0.15, 0.2) is 0 Å². The van der Waals surface area contributed by atoms with E-state index >= 15 is 0 Å². The molecule has 1 aromatic carbocycles. The van der Waals surface area contributed by atoms with Gasteiger partial charge in [0.25, 0.3) is 0 Å². The van der Waals surface area contributed by atoms with Gasteiger partial charge in [0, 0.05) is 6.61 Å². The van der Waals surface area contributed by atoms with Gasteiger partial charge in [0.1, 0.15) is 0 Å². The molecule has 1 heteroatoms. The van der Waals surface area contributed by atoms with Crippen LogP contribution in [0.25, 0.3) is 0 Å². The van der Waals surface area contributed by atoms with Gasteiger partial charge in [-0.1, -0.05) is 50.1 Å². The molecule has 2 aliphatic rings. The molecule has 0 spiro atoms. The highest BCUT2D eigenvalue weighted by Crippen LogP contribution is 2.39. The summed E-state index contributed by atoms with van der Waals surface area (Å²) in [6, 6.07) is 9.26. The van der Waals surface area contributed by atoms with Crippen LogP contribution in [0.15, 0.2) is 36.9 Å². The Kier molecular flexibility index (Phi) is 8.45. The minimum atomic E-state index is 0.759. The molecule has 1 aromatic rings. The Morgan fingerprint density at radius 3 is 2.04 bits per heavy atom. The first kappa shape index (κ1) is 20.6. The van der Waals surface area contributed by atoms with Crippen LogP contribution in [0.2, 0.25) is 0 Å². The van der Waals surface area contributed by atoms with Crippen LogP contribution < -0.4 is 0 Å². The first-order valence-electron chi connectivity index (χ1n) is 11.6. The average molecular weight is 369 g/mol. The lowest BCUT2D eigenvalue weighted by Gasteiger charge is -2.31. The Balaban J connectivity index is 1.35. The summed E-state index contributed by atoms with van der Waals surface area (Å²) in [7, 11) is 0. The summed E-state index contributed by atoms with van der Waals surface area (Å²) in [5.74, 6) is 3.58. The van der Waals surface area contributed by atoms with Crippen molar-refractivity contribution in [3.8, 4) is 0 Å². The van der Waals surface area contributed by atoms with Gasteiger partial charge in [-0.05, 0) is 92.6 Å². The SMILES string of the molecule is C=C[C@H]1CC[C@H](CCC2CCC(c3ccc(COCCC)cc3)CC2)CC1. The predicted octanol–water partition coefficient (Wildman–Crippen LogP) is 7.66. The molecule has 2 saturated carbocycles. The average Bonchev–Trinajstić information content (AvgIpc) is 2.74. The molecule has 3 rings (SSSR count). The first-order chi connectivity index (χ1) is 13.3. The molecule has 150 valence electrons. The number of ether oxygens (including phenoxy) is 1. The Morgan fingerprint density at radius 2 is 1.48 bits per heavy atom. The maximum Gasteiger partial charge on any atom is 0.0716 e. The minimum Gasteiger partial charge on any atom is -0.377 e. The normalized spacial score (nSPS) is 28.8. The maximum absolute atomic E-state index is 5.65. The molecule has 0 aromatic heterocycles. The fraction of sp³-hybridized carbons (Fsp3) is 0.692. The Hall–Kier alpha value is -1.08. The molecule has 0 bridgehead atoms. The van der Waals surface area contributed by atoms with Gasteiger partial charge >= 0.3 is 0 Å². The molecule has 0 amide bonds. The van der Waals surface area contributed by atoms with Gasteiger partial charge in [0.05, 0.1) is 6.61 Å². The fourth-order valence-corrected chi connectivity index (χ4v) is 5.19. The Labute approximate surface area is 167 Å². The van der Waals surface area contributed by atoms with Crippen LogP contribution in [-0.4, -0.2) is 6.61 Å². The second kappa shape index (κ2) is 11.1. The largest absolute Gasteiger partial charge is 0.377 e. The fourth-order valence-electron chi connectivity index (χ4n) is 5.19. The van der Waals surface area contributed by atoms with Gasteiger partial charge in [-0.3, -0.25) is 0 Å². The van der Waals surface area contributed by atoms with E-state index in [1.54, 1.807) is 5.56 Å². The quantitative estimate of drug-likeness (QED) is 0.321. The summed E-state index contributed by atoms with van der Waals surface area (Å²) in [5, 5.41) is 0. The van der Waals surface area contributed by atoms with Gasteiger partial charge in [-0.25, -0.2) is 0 Å². The molecule has 0 heterocycles. The van der Waals surface area contributed by atoms with Crippen molar-refractivity contribution in [2.45, 2.75) is 90.1 Å².